The maximum atomic E-state index is 12.4. The van der Waals surface area contributed by atoms with Gasteiger partial charge in [-0.05, 0) is 37.8 Å². The lowest BCUT2D eigenvalue weighted by molar-refractivity contribution is -0.128. The van der Waals surface area contributed by atoms with E-state index < -0.39 is 6.04 Å². The average molecular weight is 342 g/mol. The fraction of sp³-hybridized carbons (Fsp3) is 0.444. The summed E-state index contributed by atoms with van der Waals surface area (Å²) < 4.78 is 1.52. The Morgan fingerprint density at radius 1 is 1.28 bits per heavy atom. The van der Waals surface area contributed by atoms with Crippen LogP contribution in [0, 0.1) is 0 Å². The summed E-state index contributed by atoms with van der Waals surface area (Å²) in [7, 11) is 0. The molecule has 1 unspecified atom stereocenters. The van der Waals surface area contributed by atoms with Gasteiger partial charge in [0, 0.05) is 19.5 Å². The SMILES string of the molecule is O=C(CCCn1cnc2ccccc2c1=O)NC1CCCCNC1=O. The molecule has 0 saturated carbocycles. The number of nitrogens with zero attached hydrogens (tertiary/aromatic N) is 2. The van der Waals surface area contributed by atoms with E-state index in [-0.39, 0.29) is 23.8 Å². The largest absolute Gasteiger partial charge is 0.354 e. The molecule has 2 amide bonds. The van der Waals surface area contributed by atoms with Crippen molar-refractivity contribution in [2.24, 2.45) is 0 Å². The predicted molar refractivity (Wildman–Crippen MR) is 94.0 cm³/mol. The summed E-state index contributed by atoms with van der Waals surface area (Å²) >= 11 is 0. The smallest absolute Gasteiger partial charge is 0.261 e. The molecule has 1 aromatic carbocycles. The highest BCUT2D eigenvalue weighted by atomic mass is 16.2. The highest BCUT2D eigenvalue weighted by Gasteiger charge is 2.21. The Hall–Kier alpha value is -2.70. The molecule has 1 aliphatic rings. The van der Waals surface area contributed by atoms with Crippen LogP contribution >= 0.6 is 0 Å². The van der Waals surface area contributed by atoms with Gasteiger partial charge in [0.1, 0.15) is 6.04 Å². The molecular weight excluding hydrogens is 320 g/mol. The average Bonchev–Trinajstić information content (AvgIpc) is 2.82. The lowest BCUT2D eigenvalue weighted by atomic mass is 10.1. The van der Waals surface area contributed by atoms with E-state index >= 15 is 0 Å². The highest BCUT2D eigenvalue weighted by molar-refractivity contribution is 5.87. The molecule has 1 saturated heterocycles. The first kappa shape index (κ1) is 17.1. The van der Waals surface area contributed by atoms with Gasteiger partial charge >= 0.3 is 0 Å². The summed E-state index contributed by atoms with van der Waals surface area (Å²) in [6.45, 7) is 1.09. The molecule has 2 aromatic rings. The first-order valence-electron chi connectivity index (χ1n) is 8.66. The van der Waals surface area contributed by atoms with Gasteiger partial charge in [-0.3, -0.25) is 19.0 Å². The minimum Gasteiger partial charge on any atom is -0.354 e. The third-order valence-electron chi connectivity index (χ3n) is 4.40. The van der Waals surface area contributed by atoms with E-state index in [2.05, 4.69) is 15.6 Å². The molecule has 0 radical (unpaired) electrons. The van der Waals surface area contributed by atoms with Gasteiger partial charge in [0.05, 0.1) is 17.2 Å². The van der Waals surface area contributed by atoms with Crippen LogP contribution in [-0.2, 0) is 16.1 Å². The zero-order valence-corrected chi connectivity index (χ0v) is 14.0. The summed E-state index contributed by atoms with van der Waals surface area (Å²) in [5.41, 5.74) is 0.565. The molecule has 0 bridgehead atoms. The second-order valence-electron chi connectivity index (χ2n) is 6.27. The molecule has 132 valence electrons. The lowest BCUT2D eigenvalue weighted by Crippen LogP contribution is -2.45. The van der Waals surface area contributed by atoms with Gasteiger partial charge < -0.3 is 10.6 Å². The molecule has 2 N–H and O–H groups in total. The standard InChI is InChI=1S/C18H22N4O3/c23-16(21-15-8-3-4-10-19-17(15)24)9-5-11-22-12-20-14-7-2-1-6-13(14)18(22)25/h1-2,6-7,12,15H,3-5,8-11H2,(H,19,24)(H,21,23). The predicted octanol–water partition coefficient (Wildman–Crippen LogP) is 0.962. The molecule has 7 nitrogen and oxygen atoms in total. The number of benzene rings is 1. The number of carbonyl (C=O) groups excluding carboxylic acids is 2. The van der Waals surface area contributed by atoms with Crippen molar-refractivity contribution in [1.82, 2.24) is 20.2 Å². The zero-order valence-electron chi connectivity index (χ0n) is 14.0. The van der Waals surface area contributed by atoms with Crippen LogP contribution in [0.3, 0.4) is 0 Å². The monoisotopic (exact) mass is 342 g/mol. The van der Waals surface area contributed by atoms with Crippen LogP contribution in [0.15, 0.2) is 35.4 Å². The summed E-state index contributed by atoms with van der Waals surface area (Å²) in [5.74, 6) is -0.273. The van der Waals surface area contributed by atoms with Crippen molar-refractivity contribution >= 4 is 22.7 Å². The highest BCUT2D eigenvalue weighted by Crippen LogP contribution is 2.07. The number of hydrogen-bond acceptors (Lipinski definition) is 4. The van der Waals surface area contributed by atoms with Crippen LogP contribution in [0.1, 0.15) is 32.1 Å². The van der Waals surface area contributed by atoms with E-state index in [9.17, 15) is 14.4 Å². The van der Waals surface area contributed by atoms with E-state index in [1.54, 1.807) is 18.2 Å². The maximum absolute atomic E-state index is 12.4. The third-order valence-corrected chi connectivity index (χ3v) is 4.40. The fourth-order valence-electron chi connectivity index (χ4n) is 3.02. The number of carbonyl (C=O) groups is 2. The molecule has 0 aliphatic carbocycles. The van der Waals surface area contributed by atoms with Gasteiger partial charge in [-0.2, -0.15) is 0 Å². The van der Waals surface area contributed by atoms with E-state index in [4.69, 9.17) is 0 Å². The minimum atomic E-state index is -0.444. The van der Waals surface area contributed by atoms with Crippen LogP contribution in [-0.4, -0.2) is 34.0 Å². The van der Waals surface area contributed by atoms with Crippen LogP contribution in [0.4, 0.5) is 0 Å². The van der Waals surface area contributed by atoms with Gasteiger partial charge in [-0.15, -0.1) is 0 Å². The third kappa shape index (κ3) is 4.23. The number of amides is 2. The van der Waals surface area contributed by atoms with Crippen molar-refractivity contribution in [3.63, 3.8) is 0 Å². The van der Waals surface area contributed by atoms with Gasteiger partial charge in [0.2, 0.25) is 11.8 Å². The van der Waals surface area contributed by atoms with Crippen molar-refractivity contribution in [2.75, 3.05) is 6.54 Å². The molecule has 1 aromatic heterocycles. The van der Waals surface area contributed by atoms with Crippen molar-refractivity contribution in [3.8, 4) is 0 Å². The summed E-state index contributed by atoms with van der Waals surface area (Å²) in [4.78, 5) is 40.5. The number of rotatable bonds is 5. The lowest BCUT2D eigenvalue weighted by Gasteiger charge is -2.15. The van der Waals surface area contributed by atoms with E-state index in [1.807, 2.05) is 6.07 Å². The van der Waals surface area contributed by atoms with E-state index in [1.165, 1.54) is 10.9 Å². The van der Waals surface area contributed by atoms with Crippen molar-refractivity contribution in [2.45, 2.75) is 44.7 Å². The Bertz CT molecular complexity index is 830. The first-order chi connectivity index (χ1) is 12.1. The van der Waals surface area contributed by atoms with E-state index in [0.29, 0.717) is 36.8 Å². The first-order valence-corrected chi connectivity index (χ1v) is 8.66. The molecule has 2 heterocycles. The second kappa shape index (κ2) is 7.92. The summed E-state index contributed by atoms with van der Waals surface area (Å²) in [5, 5.41) is 6.16. The number of aromatic nitrogens is 2. The van der Waals surface area contributed by atoms with Crippen LogP contribution in [0.2, 0.25) is 0 Å². The van der Waals surface area contributed by atoms with Crippen molar-refractivity contribution < 1.29 is 9.59 Å². The normalized spacial score (nSPS) is 17.8. The van der Waals surface area contributed by atoms with Gasteiger partial charge in [0.25, 0.3) is 5.56 Å². The topological polar surface area (TPSA) is 93.1 Å². The van der Waals surface area contributed by atoms with Crippen molar-refractivity contribution in [1.29, 1.82) is 0 Å². The van der Waals surface area contributed by atoms with Crippen LogP contribution in [0.25, 0.3) is 10.9 Å². The Kier molecular flexibility index (Phi) is 5.42. The number of hydrogen-bond donors (Lipinski definition) is 2. The molecule has 7 heteroatoms. The van der Waals surface area contributed by atoms with Crippen LogP contribution < -0.4 is 16.2 Å². The van der Waals surface area contributed by atoms with E-state index in [0.717, 1.165) is 12.8 Å². The Morgan fingerprint density at radius 2 is 2.12 bits per heavy atom. The number of aryl methyl sites for hydroxylation is 1. The Morgan fingerprint density at radius 3 is 3.00 bits per heavy atom. The van der Waals surface area contributed by atoms with Gasteiger partial charge in [-0.25, -0.2) is 4.98 Å². The Labute approximate surface area is 145 Å². The van der Waals surface area contributed by atoms with Gasteiger partial charge in [-0.1, -0.05) is 12.1 Å². The Balaban J connectivity index is 1.54. The maximum Gasteiger partial charge on any atom is 0.261 e. The zero-order chi connectivity index (χ0) is 17.6. The quantitative estimate of drug-likeness (QED) is 0.846. The molecule has 1 atom stereocenters. The molecular formula is C18H22N4O3. The molecule has 0 spiro atoms. The second-order valence-corrected chi connectivity index (χ2v) is 6.27. The molecule has 25 heavy (non-hydrogen) atoms. The fourth-order valence-corrected chi connectivity index (χ4v) is 3.02. The minimum absolute atomic E-state index is 0.103. The number of nitrogens with one attached hydrogen (secondary N) is 2. The molecule has 1 fully saturated rings. The molecule has 1 aliphatic heterocycles. The molecule has 3 rings (SSSR count). The number of fused-ring (bicyclic) bond motifs is 1. The summed E-state index contributed by atoms with van der Waals surface area (Å²) in [6, 6.07) is 6.75. The number of para-hydroxylation sites is 1. The van der Waals surface area contributed by atoms with Crippen LogP contribution in [0.5, 0.6) is 0 Å². The van der Waals surface area contributed by atoms with Gasteiger partial charge in [0.15, 0.2) is 0 Å². The summed E-state index contributed by atoms with van der Waals surface area (Å²) in [6.07, 6.45) is 4.83. The van der Waals surface area contributed by atoms with Crippen molar-refractivity contribution in [3.05, 3.63) is 40.9 Å².